The van der Waals surface area contributed by atoms with Gasteiger partial charge in [-0.25, -0.2) is 18.6 Å². The lowest BCUT2D eigenvalue weighted by Crippen LogP contribution is -2.19. The number of alkyl halides is 5. The smallest absolute Gasteiger partial charge is 0.406 e. The summed E-state index contributed by atoms with van der Waals surface area (Å²) in [6.45, 7) is -0.874. The van der Waals surface area contributed by atoms with Crippen LogP contribution in [-0.4, -0.2) is 22.3 Å². The number of pyridine rings is 1. The van der Waals surface area contributed by atoms with Gasteiger partial charge in [0.2, 0.25) is 0 Å². The Kier molecular flexibility index (Phi) is 4.19. The summed E-state index contributed by atoms with van der Waals surface area (Å²) in [5.74, 6) is -1.37. The van der Waals surface area contributed by atoms with E-state index in [1.54, 1.807) is 0 Å². The van der Waals surface area contributed by atoms with Gasteiger partial charge in [-0.15, -0.1) is 13.2 Å². The Labute approximate surface area is 136 Å². The molecule has 0 saturated carbocycles. The Morgan fingerprint density at radius 3 is 2.40 bits per heavy atom. The molecule has 0 unspecified atom stereocenters. The van der Waals surface area contributed by atoms with Gasteiger partial charge in [-0.3, -0.25) is 4.57 Å². The van der Waals surface area contributed by atoms with Crippen molar-refractivity contribution in [3.05, 3.63) is 46.9 Å². The van der Waals surface area contributed by atoms with Crippen LogP contribution in [0.4, 0.5) is 22.0 Å². The maximum absolute atomic E-state index is 12.6. The highest BCUT2D eigenvalue weighted by molar-refractivity contribution is 5.73. The number of aromatic nitrogens is 2. The summed E-state index contributed by atoms with van der Waals surface area (Å²) >= 11 is 0. The highest BCUT2D eigenvalue weighted by Crippen LogP contribution is 2.26. The number of hydrogen-bond donors (Lipinski definition) is 0. The zero-order valence-electron chi connectivity index (χ0n) is 12.3. The number of hydrogen-bond acceptors (Lipinski definition) is 4. The van der Waals surface area contributed by atoms with Crippen molar-refractivity contribution in [3.8, 4) is 17.0 Å². The first-order valence-corrected chi connectivity index (χ1v) is 6.87. The fraction of sp³-hybridized carbons (Fsp3) is 0.200. The van der Waals surface area contributed by atoms with Crippen molar-refractivity contribution < 1.29 is 31.1 Å². The second kappa shape index (κ2) is 6.19. The molecule has 2 aromatic heterocycles. The van der Waals surface area contributed by atoms with Crippen molar-refractivity contribution in [1.29, 1.82) is 0 Å². The van der Waals surface area contributed by atoms with Gasteiger partial charge in [0.25, 0.3) is 6.43 Å². The normalized spacial score (nSPS) is 12.1. The fourth-order valence-electron chi connectivity index (χ4n) is 2.23. The van der Waals surface area contributed by atoms with Crippen molar-refractivity contribution in [1.82, 2.24) is 9.55 Å². The van der Waals surface area contributed by atoms with Crippen molar-refractivity contribution in [2.75, 3.05) is 0 Å². The van der Waals surface area contributed by atoms with E-state index in [4.69, 9.17) is 4.42 Å². The van der Waals surface area contributed by atoms with Crippen molar-refractivity contribution in [2.24, 2.45) is 0 Å². The molecule has 0 amide bonds. The minimum atomic E-state index is -4.80. The zero-order chi connectivity index (χ0) is 18.2. The lowest BCUT2D eigenvalue weighted by Gasteiger charge is -2.09. The van der Waals surface area contributed by atoms with Crippen LogP contribution in [0.15, 0.2) is 45.6 Å². The number of halogens is 5. The van der Waals surface area contributed by atoms with E-state index in [1.165, 1.54) is 24.3 Å². The fourth-order valence-corrected chi connectivity index (χ4v) is 2.23. The highest BCUT2D eigenvalue weighted by Gasteiger charge is 2.31. The number of benzene rings is 1. The molecule has 0 spiro atoms. The first-order valence-electron chi connectivity index (χ1n) is 6.87. The summed E-state index contributed by atoms with van der Waals surface area (Å²) in [6, 6.07) is 7.67. The van der Waals surface area contributed by atoms with Crippen LogP contribution in [0, 0.1) is 0 Å². The number of nitrogens with zero attached hydrogens (tertiary/aromatic N) is 2. The van der Waals surface area contributed by atoms with E-state index in [2.05, 4.69) is 9.72 Å². The Hall–Kier alpha value is -2.91. The summed E-state index contributed by atoms with van der Waals surface area (Å²) in [6.07, 6.45) is -7.58. The molecule has 0 fully saturated rings. The van der Waals surface area contributed by atoms with Gasteiger partial charge in [0.15, 0.2) is 11.2 Å². The van der Waals surface area contributed by atoms with E-state index < -0.39 is 30.8 Å². The number of oxazole rings is 1. The quantitative estimate of drug-likeness (QED) is 0.664. The predicted molar refractivity (Wildman–Crippen MR) is 76.4 cm³/mol. The third-order valence-electron chi connectivity index (χ3n) is 3.22. The summed E-state index contributed by atoms with van der Waals surface area (Å²) in [5.41, 5.74) is 0.647. The second-order valence-corrected chi connectivity index (χ2v) is 4.96. The van der Waals surface area contributed by atoms with Crippen LogP contribution in [0.25, 0.3) is 22.5 Å². The van der Waals surface area contributed by atoms with Crippen LogP contribution < -0.4 is 10.5 Å². The molecule has 0 atom stereocenters. The van der Waals surface area contributed by atoms with Gasteiger partial charge in [-0.1, -0.05) is 0 Å². The molecule has 25 heavy (non-hydrogen) atoms. The third kappa shape index (κ3) is 3.78. The summed E-state index contributed by atoms with van der Waals surface area (Å²) in [5, 5.41) is 0. The number of ether oxygens (including phenoxy) is 1. The van der Waals surface area contributed by atoms with Crippen molar-refractivity contribution >= 4 is 11.2 Å². The molecule has 0 aliphatic carbocycles. The summed E-state index contributed by atoms with van der Waals surface area (Å²) in [4.78, 5) is 15.7. The van der Waals surface area contributed by atoms with E-state index in [0.29, 0.717) is 10.1 Å². The van der Waals surface area contributed by atoms with Gasteiger partial charge in [-0.2, -0.15) is 0 Å². The van der Waals surface area contributed by atoms with Crippen LogP contribution in [0.2, 0.25) is 0 Å². The van der Waals surface area contributed by atoms with E-state index in [9.17, 15) is 26.7 Å². The molecule has 10 heteroatoms. The molecule has 0 bridgehead atoms. The topological polar surface area (TPSA) is 57.3 Å². The molecule has 3 rings (SSSR count). The third-order valence-corrected chi connectivity index (χ3v) is 3.22. The minimum absolute atomic E-state index is 0.0337. The Morgan fingerprint density at radius 1 is 1.12 bits per heavy atom. The maximum atomic E-state index is 12.6. The minimum Gasteiger partial charge on any atom is -0.406 e. The summed E-state index contributed by atoms with van der Waals surface area (Å²) < 4.78 is 70.9. The molecular weight excluding hydrogens is 351 g/mol. The Balaban J connectivity index is 1.97. The zero-order valence-corrected chi connectivity index (χ0v) is 12.3. The standard InChI is InChI=1S/C15H9F5N2O3/c16-12(17)7-22-13-11(24-14(22)23)6-5-10(21-13)8-1-3-9(4-2-8)25-15(18,19)20/h1-6,12H,7H2. The van der Waals surface area contributed by atoms with E-state index >= 15 is 0 Å². The largest absolute Gasteiger partial charge is 0.573 e. The molecule has 2 heterocycles. The first kappa shape index (κ1) is 16.9. The van der Waals surface area contributed by atoms with E-state index in [-0.39, 0.29) is 16.9 Å². The molecule has 1 aromatic carbocycles. The second-order valence-electron chi connectivity index (χ2n) is 4.96. The van der Waals surface area contributed by atoms with Gasteiger partial charge < -0.3 is 9.15 Å². The van der Waals surface area contributed by atoms with E-state index in [0.717, 1.165) is 12.1 Å². The molecule has 0 saturated heterocycles. The van der Waals surface area contributed by atoms with Gasteiger partial charge in [0.1, 0.15) is 5.75 Å². The van der Waals surface area contributed by atoms with Crippen LogP contribution in [0.1, 0.15) is 0 Å². The molecular formula is C15H9F5N2O3. The Bertz CT molecular complexity index is 944. The van der Waals surface area contributed by atoms with Crippen LogP contribution >= 0.6 is 0 Å². The molecule has 5 nitrogen and oxygen atoms in total. The molecule has 0 aliphatic heterocycles. The molecule has 0 aliphatic rings. The van der Waals surface area contributed by atoms with Gasteiger partial charge >= 0.3 is 12.1 Å². The van der Waals surface area contributed by atoms with Crippen LogP contribution in [0.3, 0.4) is 0 Å². The lowest BCUT2D eigenvalue weighted by molar-refractivity contribution is -0.274. The van der Waals surface area contributed by atoms with Gasteiger partial charge in [-0.05, 0) is 36.4 Å². The molecule has 3 aromatic rings. The van der Waals surface area contributed by atoms with Gasteiger partial charge in [0.05, 0.1) is 12.2 Å². The highest BCUT2D eigenvalue weighted by atomic mass is 19.4. The number of fused-ring (bicyclic) bond motifs is 1. The average Bonchev–Trinajstić information content (AvgIpc) is 2.81. The van der Waals surface area contributed by atoms with Gasteiger partial charge in [0, 0.05) is 5.56 Å². The van der Waals surface area contributed by atoms with E-state index in [1.807, 2.05) is 0 Å². The molecule has 132 valence electrons. The summed E-state index contributed by atoms with van der Waals surface area (Å²) in [7, 11) is 0. The van der Waals surface area contributed by atoms with Crippen LogP contribution in [-0.2, 0) is 6.54 Å². The van der Waals surface area contributed by atoms with Crippen molar-refractivity contribution in [2.45, 2.75) is 19.3 Å². The molecule has 0 N–H and O–H groups in total. The monoisotopic (exact) mass is 360 g/mol. The lowest BCUT2D eigenvalue weighted by atomic mass is 10.1. The Morgan fingerprint density at radius 2 is 1.80 bits per heavy atom. The maximum Gasteiger partial charge on any atom is 0.573 e. The predicted octanol–water partition coefficient (Wildman–Crippen LogP) is 3.82. The first-order chi connectivity index (χ1) is 11.7. The average molecular weight is 360 g/mol. The SMILES string of the molecule is O=c1oc2ccc(-c3ccc(OC(F)(F)F)cc3)nc2n1CC(F)F. The number of rotatable bonds is 4. The van der Waals surface area contributed by atoms with Crippen molar-refractivity contribution in [3.63, 3.8) is 0 Å². The van der Waals surface area contributed by atoms with Crippen LogP contribution in [0.5, 0.6) is 5.75 Å². The molecule has 0 radical (unpaired) electrons.